The summed E-state index contributed by atoms with van der Waals surface area (Å²) in [4.78, 5) is 22.3. The minimum absolute atomic E-state index is 0.0991. The molecule has 0 spiro atoms. The molecule has 0 fully saturated rings. The highest BCUT2D eigenvalue weighted by atomic mass is 16.5. The minimum Gasteiger partial charge on any atom is -0.463 e. The third-order valence-corrected chi connectivity index (χ3v) is 2.18. The van der Waals surface area contributed by atoms with Crippen LogP contribution in [0.5, 0.6) is 0 Å². The van der Waals surface area contributed by atoms with Crippen LogP contribution >= 0.6 is 0 Å². The molecule has 0 saturated heterocycles. The van der Waals surface area contributed by atoms with E-state index in [-0.39, 0.29) is 11.8 Å². The first-order valence-electron chi connectivity index (χ1n) is 5.55. The minimum atomic E-state index is -0.370. The summed E-state index contributed by atoms with van der Waals surface area (Å²) >= 11 is 0. The second kappa shape index (κ2) is 6.63. The van der Waals surface area contributed by atoms with E-state index in [9.17, 15) is 9.59 Å². The number of rotatable bonds is 5. The molecule has 0 unspecified atom stereocenters. The second-order valence-electron chi connectivity index (χ2n) is 3.66. The fraction of sp³-hybridized carbons (Fsp3) is 0.286. The molecule has 0 heterocycles. The lowest BCUT2D eigenvalue weighted by atomic mass is 10.0. The van der Waals surface area contributed by atoms with Crippen molar-refractivity contribution in [2.45, 2.75) is 20.3 Å². The molecule has 1 aromatic carbocycles. The lowest BCUT2D eigenvalue weighted by Crippen LogP contribution is -2.00. The number of carbonyl (C=O) groups excluding carboxylic acids is 2. The fourth-order valence-electron chi connectivity index (χ4n) is 1.47. The highest BCUT2D eigenvalue weighted by Gasteiger charge is 2.02. The number of hydrogen-bond donors (Lipinski definition) is 0. The lowest BCUT2D eigenvalue weighted by molar-refractivity contribution is -0.137. The van der Waals surface area contributed by atoms with E-state index in [1.807, 2.05) is 24.3 Å². The van der Waals surface area contributed by atoms with Gasteiger partial charge in [-0.15, -0.1) is 0 Å². The van der Waals surface area contributed by atoms with E-state index >= 15 is 0 Å². The van der Waals surface area contributed by atoms with Gasteiger partial charge in [0.25, 0.3) is 0 Å². The molecular weight excluding hydrogens is 216 g/mol. The molecule has 1 rings (SSSR count). The quantitative estimate of drug-likeness (QED) is 0.578. The van der Waals surface area contributed by atoms with Gasteiger partial charge in [0.05, 0.1) is 6.61 Å². The number of hydrogen-bond acceptors (Lipinski definition) is 3. The number of benzene rings is 1. The van der Waals surface area contributed by atoms with Crippen molar-refractivity contribution >= 4 is 17.8 Å². The largest absolute Gasteiger partial charge is 0.463 e. The van der Waals surface area contributed by atoms with Crippen LogP contribution < -0.4 is 0 Å². The standard InChI is InChI=1S/C14H16O3/c1-3-17-14(16)9-8-12-6-4-5-7-13(12)10-11(2)15/h4-9H,3,10H2,1-2H3. The van der Waals surface area contributed by atoms with E-state index < -0.39 is 0 Å². The Morgan fingerprint density at radius 3 is 2.65 bits per heavy atom. The van der Waals surface area contributed by atoms with Gasteiger partial charge in [-0.3, -0.25) is 4.79 Å². The first-order chi connectivity index (χ1) is 8.13. The molecule has 0 radical (unpaired) electrons. The first kappa shape index (κ1) is 13.2. The van der Waals surface area contributed by atoms with Crippen LogP contribution in [0.4, 0.5) is 0 Å². The maximum Gasteiger partial charge on any atom is 0.330 e. The van der Waals surface area contributed by atoms with Gasteiger partial charge >= 0.3 is 5.97 Å². The Labute approximate surface area is 101 Å². The number of ether oxygens (including phenoxy) is 1. The Morgan fingerprint density at radius 2 is 2.00 bits per heavy atom. The van der Waals surface area contributed by atoms with Gasteiger partial charge < -0.3 is 4.74 Å². The van der Waals surface area contributed by atoms with Crippen molar-refractivity contribution in [2.75, 3.05) is 6.61 Å². The average Bonchev–Trinajstić information content (AvgIpc) is 2.27. The topological polar surface area (TPSA) is 43.4 Å². The monoisotopic (exact) mass is 232 g/mol. The van der Waals surface area contributed by atoms with Crippen molar-refractivity contribution < 1.29 is 14.3 Å². The fourth-order valence-corrected chi connectivity index (χ4v) is 1.47. The summed E-state index contributed by atoms with van der Waals surface area (Å²) in [6.07, 6.45) is 3.43. The van der Waals surface area contributed by atoms with Crippen LogP contribution in [0.15, 0.2) is 30.3 Å². The molecule has 0 bridgehead atoms. The van der Waals surface area contributed by atoms with Crippen molar-refractivity contribution in [3.8, 4) is 0 Å². The summed E-state index contributed by atoms with van der Waals surface area (Å²) < 4.78 is 4.79. The Morgan fingerprint density at radius 1 is 1.29 bits per heavy atom. The van der Waals surface area contributed by atoms with E-state index in [0.717, 1.165) is 11.1 Å². The molecule has 1 aromatic rings. The molecule has 0 amide bonds. The normalized spacial score (nSPS) is 10.5. The first-order valence-corrected chi connectivity index (χ1v) is 5.55. The molecule has 17 heavy (non-hydrogen) atoms. The third-order valence-electron chi connectivity index (χ3n) is 2.18. The zero-order chi connectivity index (χ0) is 12.7. The third kappa shape index (κ3) is 4.64. The lowest BCUT2D eigenvalue weighted by Gasteiger charge is -2.03. The Bertz CT molecular complexity index is 433. The molecule has 3 heteroatoms. The highest BCUT2D eigenvalue weighted by Crippen LogP contribution is 2.12. The molecule has 0 saturated carbocycles. The van der Waals surface area contributed by atoms with E-state index in [1.165, 1.54) is 6.08 Å². The van der Waals surface area contributed by atoms with Gasteiger partial charge in [0.2, 0.25) is 0 Å². The molecule has 0 aliphatic carbocycles. The molecule has 0 atom stereocenters. The summed E-state index contributed by atoms with van der Waals surface area (Å²) in [5.41, 5.74) is 1.79. The summed E-state index contributed by atoms with van der Waals surface area (Å²) in [5.74, 6) is -0.271. The number of carbonyl (C=O) groups is 2. The van der Waals surface area contributed by atoms with Crippen LogP contribution in [-0.2, 0) is 20.7 Å². The van der Waals surface area contributed by atoms with Crippen molar-refractivity contribution in [1.82, 2.24) is 0 Å². The Balaban J connectivity index is 2.83. The smallest absolute Gasteiger partial charge is 0.330 e. The zero-order valence-corrected chi connectivity index (χ0v) is 10.1. The molecule has 3 nitrogen and oxygen atoms in total. The average molecular weight is 232 g/mol. The van der Waals surface area contributed by atoms with Gasteiger partial charge in [0.1, 0.15) is 5.78 Å². The number of Topliss-reactive ketones (excluding diaryl/α,β-unsaturated/α-hetero) is 1. The maximum absolute atomic E-state index is 11.2. The van der Waals surface area contributed by atoms with Crippen molar-refractivity contribution in [2.24, 2.45) is 0 Å². The predicted molar refractivity (Wildman–Crippen MR) is 66.5 cm³/mol. The second-order valence-corrected chi connectivity index (χ2v) is 3.66. The number of esters is 1. The van der Waals surface area contributed by atoms with Gasteiger partial charge in [-0.2, -0.15) is 0 Å². The van der Waals surface area contributed by atoms with Gasteiger partial charge in [-0.25, -0.2) is 4.79 Å². The summed E-state index contributed by atoms with van der Waals surface area (Å²) in [5, 5.41) is 0. The Kier molecular flexibility index (Phi) is 5.14. The predicted octanol–water partition coefficient (Wildman–Crippen LogP) is 2.39. The van der Waals surface area contributed by atoms with Crippen molar-refractivity contribution in [1.29, 1.82) is 0 Å². The zero-order valence-electron chi connectivity index (χ0n) is 10.1. The van der Waals surface area contributed by atoms with E-state index in [1.54, 1.807) is 19.9 Å². The van der Waals surface area contributed by atoms with E-state index in [0.29, 0.717) is 13.0 Å². The van der Waals surface area contributed by atoms with Crippen LogP contribution in [0.3, 0.4) is 0 Å². The molecule has 0 aromatic heterocycles. The van der Waals surface area contributed by atoms with Crippen LogP contribution in [0, 0.1) is 0 Å². The maximum atomic E-state index is 11.2. The molecule has 90 valence electrons. The number of ketones is 1. The molecule has 0 N–H and O–H groups in total. The van der Waals surface area contributed by atoms with E-state index in [4.69, 9.17) is 4.74 Å². The van der Waals surface area contributed by atoms with Gasteiger partial charge in [-0.05, 0) is 31.1 Å². The highest BCUT2D eigenvalue weighted by molar-refractivity contribution is 5.88. The van der Waals surface area contributed by atoms with Gasteiger partial charge in [-0.1, -0.05) is 24.3 Å². The van der Waals surface area contributed by atoms with Crippen molar-refractivity contribution in [3.05, 3.63) is 41.5 Å². The van der Waals surface area contributed by atoms with Gasteiger partial charge in [0.15, 0.2) is 0 Å². The van der Waals surface area contributed by atoms with Crippen LogP contribution in [0.1, 0.15) is 25.0 Å². The summed E-state index contributed by atoms with van der Waals surface area (Å²) in [6, 6.07) is 7.49. The van der Waals surface area contributed by atoms with Gasteiger partial charge in [0, 0.05) is 12.5 Å². The molecule has 0 aliphatic heterocycles. The van der Waals surface area contributed by atoms with Crippen molar-refractivity contribution in [3.63, 3.8) is 0 Å². The van der Waals surface area contributed by atoms with Crippen LogP contribution in [-0.4, -0.2) is 18.4 Å². The van der Waals surface area contributed by atoms with E-state index in [2.05, 4.69) is 0 Å². The SMILES string of the molecule is CCOC(=O)C=Cc1ccccc1CC(C)=O. The van der Waals surface area contributed by atoms with Crippen LogP contribution in [0.25, 0.3) is 6.08 Å². The summed E-state index contributed by atoms with van der Waals surface area (Å²) in [6.45, 7) is 3.67. The molecular formula is C14H16O3. The summed E-state index contributed by atoms with van der Waals surface area (Å²) in [7, 11) is 0. The Hall–Kier alpha value is -1.90. The van der Waals surface area contributed by atoms with Crippen LogP contribution in [0.2, 0.25) is 0 Å². The molecule has 0 aliphatic rings.